The maximum absolute atomic E-state index is 12.3. The Balaban J connectivity index is 2.19. The van der Waals surface area contributed by atoms with Gasteiger partial charge in [0.05, 0.1) is 17.4 Å². The average molecular weight is 313 g/mol. The molecule has 1 aromatic heterocycles. The summed E-state index contributed by atoms with van der Waals surface area (Å²) in [4.78, 5) is 12.3. The summed E-state index contributed by atoms with van der Waals surface area (Å²) in [7, 11) is 1.78. The zero-order valence-electron chi connectivity index (χ0n) is 12.6. The first-order chi connectivity index (χ1) is 10.5. The van der Waals surface area contributed by atoms with Crippen molar-refractivity contribution >= 4 is 28.6 Å². The quantitative estimate of drug-likeness (QED) is 0.718. The fraction of sp³-hybridized carbons (Fsp3) is 0.167. The highest BCUT2D eigenvalue weighted by atomic mass is 35.5. The van der Waals surface area contributed by atoms with Crippen LogP contribution in [0.1, 0.15) is 16.7 Å². The Hall–Kier alpha value is -2.26. The van der Waals surface area contributed by atoms with Crippen LogP contribution >= 0.6 is 11.6 Å². The number of fused-ring (bicyclic) bond motifs is 1. The minimum atomic E-state index is -0.0100. The molecule has 0 N–H and O–H groups in total. The van der Waals surface area contributed by atoms with Crippen LogP contribution in [0.15, 0.2) is 47.8 Å². The van der Waals surface area contributed by atoms with E-state index >= 15 is 0 Å². The molecule has 0 saturated heterocycles. The van der Waals surface area contributed by atoms with Crippen LogP contribution in [-0.4, -0.2) is 9.36 Å². The molecule has 22 heavy (non-hydrogen) atoms. The zero-order valence-corrected chi connectivity index (χ0v) is 13.4. The molecular weight excluding hydrogens is 296 g/mol. The van der Waals surface area contributed by atoms with Crippen LogP contribution in [0, 0.1) is 6.92 Å². The van der Waals surface area contributed by atoms with Gasteiger partial charge in [0.15, 0.2) is 0 Å². The summed E-state index contributed by atoms with van der Waals surface area (Å²) in [6, 6.07) is 11.6. The second-order valence-electron chi connectivity index (χ2n) is 5.44. The molecule has 112 valence electrons. The standard InChI is InChI=1S/C18H17ClN2O/c1-4-13-6-5-12(2)14(9-13)11-21-17-10-15(19)7-8-16(17)18(22)20(21)3/h4-10H,1,11H2,2-3H3. The van der Waals surface area contributed by atoms with Gasteiger partial charge < -0.3 is 0 Å². The third-order valence-electron chi connectivity index (χ3n) is 4.05. The summed E-state index contributed by atoms with van der Waals surface area (Å²) in [6.07, 6.45) is 1.83. The fourth-order valence-corrected chi connectivity index (χ4v) is 2.85. The van der Waals surface area contributed by atoms with Gasteiger partial charge >= 0.3 is 0 Å². The highest BCUT2D eigenvalue weighted by Gasteiger charge is 2.12. The van der Waals surface area contributed by atoms with Crippen LogP contribution in [0.3, 0.4) is 0 Å². The number of halogens is 1. The second kappa shape index (κ2) is 5.50. The molecule has 0 aliphatic carbocycles. The van der Waals surface area contributed by atoms with Gasteiger partial charge in [0.2, 0.25) is 0 Å². The van der Waals surface area contributed by atoms with Crippen molar-refractivity contribution in [3.63, 3.8) is 0 Å². The SMILES string of the molecule is C=Cc1ccc(C)c(Cn2c3cc(Cl)ccc3c(=O)n2C)c1. The largest absolute Gasteiger partial charge is 0.278 e. The van der Waals surface area contributed by atoms with Gasteiger partial charge in [0.1, 0.15) is 0 Å². The van der Waals surface area contributed by atoms with Crippen LogP contribution in [0.25, 0.3) is 17.0 Å². The molecule has 0 saturated carbocycles. The van der Waals surface area contributed by atoms with Crippen molar-refractivity contribution in [1.29, 1.82) is 0 Å². The molecule has 0 spiro atoms. The lowest BCUT2D eigenvalue weighted by atomic mass is 10.0. The van der Waals surface area contributed by atoms with Gasteiger partial charge in [-0.15, -0.1) is 0 Å². The number of nitrogens with zero attached hydrogens (tertiary/aromatic N) is 2. The molecule has 0 amide bonds. The number of aryl methyl sites for hydroxylation is 1. The van der Waals surface area contributed by atoms with Crippen LogP contribution in [0.5, 0.6) is 0 Å². The van der Waals surface area contributed by atoms with Crippen molar-refractivity contribution in [1.82, 2.24) is 9.36 Å². The predicted octanol–water partition coefficient (Wildman–Crippen LogP) is 3.99. The maximum atomic E-state index is 12.3. The number of rotatable bonds is 3. The number of benzene rings is 2. The highest BCUT2D eigenvalue weighted by Crippen LogP contribution is 2.20. The van der Waals surface area contributed by atoms with Crippen LogP contribution in [0.2, 0.25) is 5.02 Å². The lowest BCUT2D eigenvalue weighted by Gasteiger charge is -2.12. The molecule has 0 radical (unpaired) electrons. The normalized spacial score (nSPS) is 11.0. The van der Waals surface area contributed by atoms with Gasteiger partial charge in [-0.2, -0.15) is 0 Å². The molecule has 4 heteroatoms. The fourth-order valence-electron chi connectivity index (χ4n) is 2.69. The van der Waals surface area contributed by atoms with Crippen molar-refractivity contribution < 1.29 is 0 Å². The van der Waals surface area contributed by atoms with Crippen LogP contribution in [-0.2, 0) is 13.6 Å². The van der Waals surface area contributed by atoms with Crippen molar-refractivity contribution in [2.45, 2.75) is 13.5 Å². The second-order valence-corrected chi connectivity index (χ2v) is 5.87. The number of aromatic nitrogens is 2. The third-order valence-corrected chi connectivity index (χ3v) is 4.29. The summed E-state index contributed by atoms with van der Waals surface area (Å²) < 4.78 is 3.60. The van der Waals surface area contributed by atoms with E-state index < -0.39 is 0 Å². The first-order valence-electron chi connectivity index (χ1n) is 7.08. The first kappa shape index (κ1) is 14.7. The van der Waals surface area contributed by atoms with Crippen LogP contribution in [0.4, 0.5) is 0 Å². The monoisotopic (exact) mass is 312 g/mol. The van der Waals surface area contributed by atoms with Gasteiger partial charge in [0, 0.05) is 12.1 Å². The molecule has 3 rings (SSSR count). The van der Waals surface area contributed by atoms with E-state index in [2.05, 4.69) is 25.6 Å². The van der Waals surface area contributed by atoms with Crippen molar-refractivity contribution in [3.05, 3.63) is 75.0 Å². The third kappa shape index (κ3) is 2.38. The Morgan fingerprint density at radius 2 is 2.00 bits per heavy atom. The molecule has 2 aromatic carbocycles. The van der Waals surface area contributed by atoms with Crippen molar-refractivity contribution in [2.75, 3.05) is 0 Å². The van der Waals surface area contributed by atoms with Crippen molar-refractivity contribution in [3.8, 4) is 0 Å². The minimum Gasteiger partial charge on any atom is -0.278 e. The Kier molecular flexibility index (Phi) is 3.67. The Morgan fingerprint density at radius 3 is 2.73 bits per heavy atom. The topological polar surface area (TPSA) is 26.9 Å². The van der Waals surface area contributed by atoms with Gasteiger partial charge in [0.25, 0.3) is 5.56 Å². The Morgan fingerprint density at radius 1 is 1.23 bits per heavy atom. The highest BCUT2D eigenvalue weighted by molar-refractivity contribution is 6.31. The predicted molar refractivity (Wildman–Crippen MR) is 92.6 cm³/mol. The lowest BCUT2D eigenvalue weighted by molar-refractivity contribution is 0.553. The van der Waals surface area contributed by atoms with Crippen molar-refractivity contribution in [2.24, 2.45) is 7.05 Å². The minimum absolute atomic E-state index is 0.0100. The number of hydrogen-bond acceptors (Lipinski definition) is 1. The molecule has 3 aromatic rings. The van der Waals surface area contributed by atoms with Crippen LogP contribution < -0.4 is 5.56 Å². The lowest BCUT2D eigenvalue weighted by Crippen LogP contribution is -2.20. The Labute approximate surface area is 134 Å². The smallest absolute Gasteiger partial charge is 0.274 e. The first-order valence-corrected chi connectivity index (χ1v) is 7.46. The number of hydrogen-bond donors (Lipinski definition) is 0. The van der Waals surface area contributed by atoms with E-state index in [1.165, 1.54) is 5.56 Å². The summed E-state index contributed by atoms with van der Waals surface area (Å²) in [6.45, 7) is 6.50. The molecule has 0 bridgehead atoms. The average Bonchev–Trinajstić information content (AvgIpc) is 2.74. The molecule has 0 aliphatic rings. The molecular formula is C18H17ClN2O. The van der Waals surface area contributed by atoms with Gasteiger partial charge in [-0.25, -0.2) is 0 Å². The van der Waals surface area contributed by atoms with E-state index in [1.807, 2.05) is 22.9 Å². The molecule has 0 aliphatic heterocycles. The van der Waals surface area contributed by atoms with Gasteiger partial charge in [-0.1, -0.05) is 36.4 Å². The van der Waals surface area contributed by atoms with Gasteiger partial charge in [-0.3, -0.25) is 14.2 Å². The molecule has 0 unspecified atom stereocenters. The zero-order chi connectivity index (χ0) is 15.9. The Bertz CT molecular complexity index is 934. The van der Waals surface area contributed by atoms with E-state index in [0.717, 1.165) is 16.6 Å². The van der Waals surface area contributed by atoms with E-state index in [0.29, 0.717) is 17.0 Å². The van der Waals surface area contributed by atoms with E-state index in [4.69, 9.17) is 11.6 Å². The summed E-state index contributed by atoms with van der Waals surface area (Å²) in [5, 5.41) is 1.31. The van der Waals surface area contributed by atoms with E-state index in [1.54, 1.807) is 23.9 Å². The molecule has 0 fully saturated rings. The summed E-state index contributed by atoms with van der Waals surface area (Å²) in [5.74, 6) is 0. The molecule has 0 atom stereocenters. The molecule has 1 heterocycles. The maximum Gasteiger partial charge on any atom is 0.274 e. The van der Waals surface area contributed by atoms with E-state index in [9.17, 15) is 4.79 Å². The summed E-state index contributed by atoms with van der Waals surface area (Å²) in [5.41, 5.74) is 4.25. The molecule has 3 nitrogen and oxygen atoms in total. The van der Waals surface area contributed by atoms with E-state index in [-0.39, 0.29) is 5.56 Å². The summed E-state index contributed by atoms with van der Waals surface area (Å²) >= 11 is 6.10. The van der Waals surface area contributed by atoms with Gasteiger partial charge in [-0.05, 0) is 47.9 Å².